The molecular formula is C14H16N4O4. The molecule has 0 saturated carbocycles. The Hall–Kier alpha value is -2.90. The third-order valence-corrected chi connectivity index (χ3v) is 2.93. The van der Waals surface area contributed by atoms with Crippen LogP contribution in [0.15, 0.2) is 23.3 Å². The molecule has 0 saturated heterocycles. The number of nitrogens with one attached hydrogen (secondary N) is 3. The average Bonchev–Trinajstić information content (AvgIpc) is 2.47. The Bertz CT molecular complexity index is 654. The number of methoxy groups -OCH3 is 1. The van der Waals surface area contributed by atoms with E-state index in [0.717, 1.165) is 0 Å². The van der Waals surface area contributed by atoms with Gasteiger partial charge in [-0.3, -0.25) is 14.4 Å². The number of benzene rings is 1. The van der Waals surface area contributed by atoms with Crippen LogP contribution < -0.4 is 20.8 Å². The molecule has 0 bridgehead atoms. The highest BCUT2D eigenvalue weighted by Crippen LogP contribution is 2.27. The Labute approximate surface area is 126 Å². The summed E-state index contributed by atoms with van der Waals surface area (Å²) in [5, 5.41) is 9.01. The molecule has 2 rings (SSSR count). The van der Waals surface area contributed by atoms with Crippen LogP contribution in [0.2, 0.25) is 0 Å². The maximum absolute atomic E-state index is 12.1. The van der Waals surface area contributed by atoms with Gasteiger partial charge in [-0.1, -0.05) is 0 Å². The zero-order valence-electron chi connectivity index (χ0n) is 12.2. The molecule has 0 spiro atoms. The SMILES string of the molecule is COc1ccc(NC(=O)C2=NNC(=O)CC2)cc1NC(C)=O. The van der Waals surface area contributed by atoms with Gasteiger partial charge in [-0.05, 0) is 18.2 Å². The summed E-state index contributed by atoms with van der Waals surface area (Å²) >= 11 is 0. The predicted octanol–water partition coefficient (Wildman–Crippen LogP) is 0.858. The van der Waals surface area contributed by atoms with Crippen molar-refractivity contribution in [2.24, 2.45) is 5.10 Å². The Morgan fingerprint density at radius 3 is 2.64 bits per heavy atom. The van der Waals surface area contributed by atoms with Crippen LogP contribution in [-0.4, -0.2) is 30.5 Å². The van der Waals surface area contributed by atoms with E-state index >= 15 is 0 Å². The number of nitrogens with zero attached hydrogens (tertiary/aromatic N) is 1. The summed E-state index contributed by atoms with van der Waals surface area (Å²) in [5.74, 6) is -0.385. The molecule has 0 aromatic heterocycles. The van der Waals surface area contributed by atoms with Gasteiger partial charge < -0.3 is 15.4 Å². The highest BCUT2D eigenvalue weighted by molar-refractivity contribution is 6.43. The number of anilines is 2. The topological polar surface area (TPSA) is 109 Å². The molecule has 0 fully saturated rings. The second-order valence-corrected chi connectivity index (χ2v) is 4.64. The van der Waals surface area contributed by atoms with Crippen molar-refractivity contribution < 1.29 is 19.1 Å². The van der Waals surface area contributed by atoms with Crippen molar-refractivity contribution in [3.8, 4) is 5.75 Å². The van der Waals surface area contributed by atoms with Gasteiger partial charge in [0.1, 0.15) is 11.5 Å². The van der Waals surface area contributed by atoms with Crippen molar-refractivity contribution in [1.82, 2.24) is 5.43 Å². The normalized spacial score (nSPS) is 13.7. The average molecular weight is 304 g/mol. The zero-order chi connectivity index (χ0) is 16.1. The molecule has 0 radical (unpaired) electrons. The molecule has 0 aliphatic carbocycles. The Morgan fingerprint density at radius 1 is 1.27 bits per heavy atom. The first kappa shape index (κ1) is 15.5. The number of hydrazone groups is 1. The third kappa shape index (κ3) is 3.81. The fourth-order valence-electron chi connectivity index (χ4n) is 1.91. The van der Waals surface area contributed by atoms with Crippen LogP contribution in [-0.2, 0) is 14.4 Å². The summed E-state index contributed by atoms with van der Waals surface area (Å²) in [4.78, 5) is 34.2. The molecule has 0 unspecified atom stereocenters. The summed E-state index contributed by atoms with van der Waals surface area (Å²) in [6.45, 7) is 1.38. The number of ether oxygens (including phenoxy) is 1. The van der Waals surface area contributed by atoms with Gasteiger partial charge >= 0.3 is 0 Å². The first-order chi connectivity index (χ1) is 10.5. The Balaban J connectivity index is 2.14. The molecule has 1 aliphatic rings. The molecule has 22 heavy (non-hydrogen) atoms. The number of amides is 3. The number of hydrogen-bond donors (Lipinski definition) is 3. The molecule has 1 aromatic rings. The summed E-state index contributed by atoms with van der Waals surface area (Å²) in [6.07, 6.45) is 0.512. The van der Waals surface area contributed by atoms with E-state index in [0.29, 0.717) is 17.1 Å². The highest BCUT2D eigenvalue weighted by Gasteiger charge is 2.18. The van der Waals surface area contributed by atoms with E-state index in [1.54, 1.807) is 18.2 Å². The molecule has 1 aromatic carbocycles. The van der Waals surface area contributed by atoms with Crippen molar-refractivity contribution in [2.45, 2.75) is 19.8 Å². The van der Waals surface area contributed by atoms with E-state index in [-0.39, 0.29) is 30.4 Å². The quantitative estimate of drug-likeness (QED) is 0.766. The van der Waals surface area contributed by atoms with Crippen molar-refractivity contribution >= 4 is 34.8 Å². The maximum atomic E-state index is 12.1. The summed E-state index contributed by atoms with van der Waals surface area (Å²) in [5.41, 5.74) is 3.44. The third-order valence-electron chi connectivity index (χ3n) is 2.93. The van der Waals surface area contributed by atoms with Crippen LogP contribution in [0.4, 0.5) is 11.4 Å². The van der Waals surface area contributed by atoms with Gasteiger partial charge in [-0.25, -0.2) is 5.43 Å². The lowest BCUT2D eigenvalue weighted by Gasteiger charge is -2.14. The van der Waals surface area contributed by atoms with Gasteiger partial charge in [-0.15, -0.1) is 0 Å². The molecule has 8 heteroatoms. The van der Waals surface area contributed by atoms with Gasteiger partial charge in [0, 0.05) is 25.5 Å². The maximum Gasteiger partial charge on any atom is 0.271 e. The van der Waals surface area contributed by atoms with Crippen LogP contribution in [0.1, 0.15) is 19.8 Å². The van der Waals surface area contributed by atoms with Gasteiger partial charge in [-0.2, -0.15) is 5.10 Å². The minimum absolute atomic E-state index is 0.214. The molecule has 8 nitrogen and oxygen atoms in total. The van der Waals surface area contributed by atoms with Crippen molar-refractivity contribution in [3.05, 3.63) is 18.2 Å². The Kier molecular flexibility index (Phi) is 4.72. The van der Waals surface area contributed by atoms with Crippen LogP contribution >= 0.6 is 0 Å². The minimum atomic E-state index is -0.404. The van der Waals surface area contributed by atoms with E-state index in [4.69, 9.17) is 4.74 Å². The molecule has 3 N–H and O–H groups in total. The number of rotatable bonds is 4. The fraction of sp³-hybridized carbons (Fsp3) is 0.286. The van der Waals surface area contributed by atoms with Gasteiger partial charge in [0.2, 0.25) is 11.8 Å². The van der Waals surface area contributed by atoms with E-state index < -0.39 is 5.91 Å². The molecular weight excluding hydrogens is 288 g/mol. The largest absolute Gasteiger partial charge is 0.495 e. The Morgan fingerprint density at radius 2 is 2.05 bits per heavy atom. The number of carbonyl (C=O) groups excluding carboxylic acids is 3. The molecule has 1 aliphatic heterocycles. The van der Waals surface area contributed by atoms with Crippen molar-refractivity contribution in [3.63, 3.8) is 0 Å². The van der Waals surface area contributed by atoms with Crippen molar-refractivity contribution in [1.29, 1.82) is 0 Å². The summed E-state index contributed by atoms with van der Waals surface area (Å²) in [7, 11) is 1.48. The molecule has 0 atom stereocenters. The smallest absolute Gasteiger partial charge is 0.271 e. The summed E-state index contributed by atoms with van der Waals surface area (Å²) < 4.78 is 5.14. The second-order valence-electron chi connectivity index (χ2n) is 4.64. The first-order valence-electron chi connectivity index (χ1n) is 6.62. The van der Waals surface area contributed by atoms with E-state index in [2.05, 4.69) is 21.2 Å². The minimum Gasteiger partial charge on any atom is -0.495 e. The fourth-order valence-corrected chi connectivity index (χ4v) is 1.91. The van der Waals surface area contributed by atoms with E-state index in [1.165, 1.54) is 14.0 Å². The summed E-state index contributed by atoms with van der Waals surface area (Å²) in [6, 6.07) is 4.86. The lowest BCUT2D eigenvalue weighted by molar-refractivity contribution is -0.121. The highest BCUT2D eigenvalue weighted by atomic mass is 16.5. The first-order valence-corrected chi connectivity index (χ1v) is 6.62. The van der Waals surface area contributed by atoms with E-state index in [9.17, 15) is 14.4 Å². The number of hydrogen-bond acceptors (Lipinski definition) is 5. The van der Waals surface area contributed by atoms with Gasteiger partial charge in [0.05, 0.1) is 12.8 Å². The standard InChI is InChI=1S/C14H16N4O4/c1-8(19)15-11-7-9(3-5-12(11)22-2)16-14(21)10-4-6-13(20)18-17-10/h3,5,7H,4,6H2,1-2H3,(H,15,19)(H,16,21)(H,18,20). The van der Waals surface area contributed by atoms with Gasteiger partial charge in [0.15, 0.2) is 0 Å². The van der Waals surface area contributed by atoms with E-state index in [1.807, 2.05) is 0 Å². The van der Waals surface area contributed by atoms with Crippen LogP contribution in [0.3, 0.4) is 0 Å². The zero-order valence-corrected chi connectivity index (χ0v) is 12.2. The monoisotopic (exact) mass is 304 g/mol. The van der Waals surface area contributed by atoms with Crippen molar-refractivity contribution in [2.75, 3.05) is 17.7 Å². The van der Waals surface area contributed by atoms with Crippen LogP contribution in [0.5, 0.6) is 5.75 Å². The lowest BCUT2D eigenvalue weighted by Crippen LogP contribution is -2.32. The number of carbonyl (C=O) groups is 3. The van der Waals surface area contributed by atoms with Gasteiger partial charge in [0.25, 0.3) is 5.91 Å². The molecule has 116 valence electrons. The molecule has 1 heterocycles. The predicted molar refractivity (Wildman–Crippen MR) is 80.7 cm³/mol. The lowest BCUT2D eigenvalue weighted by atomic mass is 10.1. The van der Waals surface area contributed by atoms with Crippen LogP contribution in [0.25, 0.3) is 0 Å². The second kappa shape index (κ2) is 6.70. The molecule has 3 amide bonds. The van der Waals surface area contributed by atoms with Crippen LogP contribution in [0, 0.1) is 0 Å².